The van der Waals surface area contributed by atoms with Crippen molar-refractivity contribution in [2.24, 2.45) is 0 Å². The molecule has 0 radical (unpaired) electrons. The van der Waals surface area contributed by atoms with E-state index in [1.165, 1.54) is 44.9 Å². The van der Waals surface area contributed by atoms with E-state index in [0.717, 1.165) is 18.4 Å². The third kappa shape index (κ3) is 7.22. The minimum absolute atomic E-state index is 0.253. The summed E-state index contributed by atoms with van der Waals surface area (Å²) in [6, 6.07) is 6.86. The van der Waals surface area contributed by atoms with Crippen LogP contribution < -0.4 is 0 Å². The van der Waals surface area contributed by atoms with E-state index >= 15 is 0 Å². The van der Waals surface area contributed by atoms with Crippen molar-refractivity contribution in [3.8, 4) is 5.75 Å². The van der Waals surface area contributed by atoms with Gasteiger partial charge in [0.05, 0.1) is 6.10 Å². The zero-order valence-corrected chi connectivity index (χ0v) is 12.1. The van der Waals surface area contributed by atoms with Crippen LogP contribution in [0.1, 0.15) is 76.4 Å². The van der Waals surface area contributed by atoms with Gasteiger partial charge in [0.2, 0.25) is 0 Å². The van der Waals surface area contributed by atoms with Gasteiger partial charge in [-0.2, -0.15) is 0 Å². The van der Waals surface area contributed by atoms with Crippen LogP contribution in [0.2, 0.25) is 0 Å². The molecule has 0 heterocycles. The summed E-state index contributed by atoms with van der Waals surface area (Å²) in [4.78, 5) is 0. The molecule has 0 spiro atoms. The molecule has 2 nitrogen and oxygen atoms in total. The van der Waals surface area contributed by atoms with Crippen LogP contribution in [0.25, 0.3) is 0 Å². The number of rotatable bonds is 10. The Morgan fingerprint density at radius 2 is 1.37 bits per heavy atom. The first-order chi connectivity index (χ1) is 9.24. The van der Waals surface area contributed by atoms with Crippen molar-refractivity contribution in [2.45, 2.75) is 70.8 Å². The maximum Gasteiger partial charge on any atom is 0.115 e. The Balaban J connectivity index is 2.04. The highest BCUT2D eigenvalue weighted by Gasteiger charge is 2.06. The van der Waals surface area contributed by atoms with Gasteiger partial charge in [0.25, 0.3) is 0 Å². The molecule has 0 aromatic heterocycles. The lowest BCUT2D eigenvalue weighted by molar-refractivity contribution is 0.163. The zero-order chi connectivity index (χ0) is 13.9. The van der Waals surface area contributed by atoms with Gasteiger partial charge in [-0.05, 0) is 24.1 Å². The smallest absolute Gasteiger partial charge is 0.115 e. The van der Waals surface area contributed by atoms with Gasteiger partial charge in [-0.25, -0.2) is 0 Å². The lowest BCUT2D eigenvalue weighted by atomic mass is 10.0. The van der Waals surface area contributed by atoms with E-state index in [4.69, 9.17) is 0 Å². The van der Waals surface area contributed by atoms with Crippen LogP contribution >= 0.6 is 0 Å². The Hall–Kier alpha value is -1.02. The predicted octanol–water partition coefficient (Wildman–Crippen LogP) is 4.96. The molecule has 108 valence electrons. The quantitative estimate of drug-likeness (QED) is 0.587. The van der Waals surface area contributed by atoms with Gasteiger partial charge in [0.15, 0.2) is 0 Å². The average molecular weight is 264 g/mol. The minimum atomic E-state index is -0.388. The van der Waals surface area contributed by atoms with Crippen LogP contribution in [-0.2, 0) is 0 Å². The normalized spacial score (nSPS) is 12.5. The molecule has 2 N–H and O–H groups in total. The van der Waals surface area contributed by atoms with Crippen molar-refractivity contribution in [2.75, 3.05) is 0 Å². The summed E-state index contributed by atoms with van der Waals surface area (Å²) in [6.07, 6.45) is 10.7. The molecule has 0 bridgehead atoms. The molecule has 1 aromatic rings. The number of aliphatic hydroxyl groups is 1. The summed E-state index contributed by atoms with van der Waals surface area (Å²) < 4.78 is 0. The number of aromatic hydroxyl groups is 1. The first kappa shape index (κ1) is 16.0. The van der Waals surface area contributed by atoms with Gasteiger partial charge >= 0.3 is 0 Å². The van der Waals surface area contributed by atoms with Gasteiger partial charge in [-0.1, -0.05) is 70.4 Å². The Morgan fingerprint density at radius 3 is 1.95 bits per heavy atom. The molecule has 0 fully saturated rings. The molecule has 1 unspecified atom stereocenters. The minimum Gasteiger partial charge on any atom is -0.508 e. The van der Waals surface area contributed by atoms with Crippen LogP contribution in [0.4, 0.5) is 0 Å². The standard InChI is InChI=1S/C17H28O2/c1-2-3-4-5-6-7-8-9-10-17(19)15-11-13-16(18)14-12-15/h11-14,17-19H,2-10H2,1H3. The highest BCUT2D eigenvalue weighted by molar-refractivity contribution is 5.27. The maximum absolute atomic E-state index is 10.0. The van der Waals surface area contributed by atoms with E-state index in [-0.39, 0.29) is 11.9 Å². The van der Waals surface area contributed by atoms with Crippen LogP contribution in [0.15, 0.2) is 24.3 Å². The van der Waals surface area contributed by atoms with Crippen LogP contribution in [0.5, 0.6) is 5.75 Å². The van der Waals surface area contributed by atoms with Gasteiger partial charge in [0.1, 0.15) is 5.75 Å². The monoisotopic (exact) mass is 264 g/mol. The van der Waals surface area contributed by atoms with Crippen molar-refractivity contribution < 1.29 is 10.2 Å². The molecule has 2 heteroatoms. The fourth-order valence-corrected chi connectivity index (χ4v) is 2.33. The summed E-state index contributed by atoms with van der Waals surface area (Å²) in [7, 11) is 0. The largest absolute Gasteiger partial charge is 0.508 e. The molecule has 1 atom stereocenters. The molecule has 1 aromatic carbocycles. The molecule has 0 aliphatic heterocycles. The Labute approximate surface area is 117 Å². The lowest BCUT2D eigenvalue weighted by Crippen LogP contribution is -1.96. The van der Waals surface area contributed by atoms with E-state index < -0.39 is 0 Å². The predicted molar refractivity (Wildman–Crippen MR) is 80.3 cm³/mol. The third-order valence-electron chi connectivity index (χ3n) is 3.61. The third-order valence-corrected chi connectivity index (χ3v) is 3.61. The second-order valence-corrected chi connectivity index (χ2v) is 5.37. The van der Waals surface area contributed by atoms with Crippen LogP contribution in [-0.4, -0.2) is 10.2 Å². The number of benzene rings is 1. The molecule has 1 rings (SSSR count). The van der Waals surface area contributed by atoms with Crippen molar-refractivity contribution in [3.63, 3.8) is 0 Å². The molecule has 0 aliphatic carbocycles. The Bertz CT molecular complexity index is 319. The first-order valence-electron chi connectivity index (χ1n) is 7.71. The molecule has 0 saturated heterocycles. The van der Waals surface area contributed by atoms with Gasteiger partial charge in [-0.15, -0.1) is 0 Å². The number of aliphatic hydroxyl groups excluding tert-OH is 1. The average Bonchev–Trinajstić information content (AvgIpc) is 2.42. The van der Waals surface area contributed by atoms with E-state index in [0.29, 0.717) is 0 Å². The van der Waals surface area contributed by atoms with Crippen molar-refractivity contribution in [1.29, 1.82) is 0 Å². The van der Waals surface area contributed by atoms with Crippen LogP contribution in [0.3, 0.4) is 0 Å². The highest BCUT2D eigenvalue weighted by atomic mass is 16.3. The number of phenolic OH excluding ortho intramolecular Hbond substituents is 1. The number of hydrogen-bond acceptors (Lipinski definition) is 2. The van der Waals surface area contributed by atoms with Gasteiger partial charge < -0.3 is 10.2 Å². The molecule has 0 saturated carbocycles. The second kappa shape index (κ2) is 9.85. The summed E-state index contributed by atoms with van der Waals surface area (Å²) in [5, 5.41) is 19.2. The van der Waals surface area contributed by atoms with Crippen molar-refractivity contribution in [3.05, 3.63) is 29.8 Å². The SMILES string of the molecule is CCCCCCCCCCC(O)c1ccc(O)cc1. The van der Waals surface area contributed by atoms with E-state index in [1.807, 2.05) is 0 Å². The van der Waals surface area contributed by atoms with E-state index in [2.05, 4.69) is 6.92 Å². The van der Waals surface area contributed by atoms with Gasteiger partial charge in [0, 0.05) is 0 Å². The van der Waals surface area contributed by atoms with E-state index in [9.17, 15) is 10.2 Å². The zero-order valence-electron chi connectivity index (χ0n) is 12.1. The summed E-state index contributed by atoms with van der Waals surface area (Å²) in [6.45, 7) is 2.24. The van der Waals surface area contributed by atoms with Crippen molar-refractivity contribution in [1.82, 2.24) is 0 Å². The topological polar surface area (TPSA) is 40.5 Å². The number of unbranched alkanes of at least 4 members (excludes halogenated alkanes) is 7. The summed E-state index contributed by atoms with van der Waals surface area (Å²) in [5.74, 6) is 0.253. The lowest BCUT2D eigenvalue weighted by Gasteiger charge is -2.10. The van der Waals surface area contributed by atoms with Crippen molar-refractivity contribution >= 4 is 0 Å². The highest BCUT2D eigenvalue weighted by Crippen LogP contribution is 2.22. The molecule has 0 amide bonds. The Kier molecular flexibility index (Phi) is 8.31. The Morgan fingerprint density at radius 1 is 0.842 bits per heavy atom. The summed E-state index contributed by atoms with van der Waals surface area (Å²) >= 11 is 0. The molecular formula is C17H28O2. The fraction of sp³-hybridized carbons (Fsp3) is 0.647. The molecule has 19 heavy (non-hydrogen) atoms. The maximum atomic E-state index is 10.0. The second-order valence-electron chi connectivity index (χ2n) is 5.37. The number of hydrogen-bond donors (Lipinski definition) is 2. The molecular weight excluding hydrogens is 236 g/mol. The fourth-order valence-electron chi connectivity index (χ4n) is 2.33. The molecule has 0 aliphatic rings. The van der Waals surface area contributed by atoms with Crippen LogP contribution in [0, 0.1) is 0 Å². The van der Waals surface area contributed by atoms with E-state index in [1.54, 1.807) is 24.3 Å². The number of phenols is 1. The van der Waals surface area contributed by atoms with Gasteiger partial charge in [-0.3, -0.25) is 0 Å². The first-order valence-corrected chi connectivity index (χ1v) is 7.71. The summed E-state index contributed by atoms with van der Waals surface area (Å²) in [5.41, 5.74) is 0.903.